The van der Waals surface area contributed by atoms with Crippen molar-refractivity contribution in [2.75, 3.05) is 18.4 Å². The van der Waals surface area contributed by atoms with E-state index in [2.05, 4.69) is 20.5 Å². The van der Waals surface area contributed by atoms with Crippen LogP contribution in [0.1, 0.15) is 30.4 Å². The number of H-pyrrole nitrogens is 1. The molecule has 1 aromatic carbocycles. The van der Waals surface area contributed by atoms with Crippen LogP contribution in [0.4, 0.5) is 23.7 Å². The number of aromatic amines is 1. The first-order valence-corrected chi connectivity index (χ1v) is 8.92. The van der Waals surface area contributed by atoms with Gasteiger partial charge in [-0.25, -0.2) is 9.78 Å². The minimum Gasteiger partial charge on any atom is -0.324 e. The van der Waals surface area contributed by atoms with E-state index in [0.717, 1.165) is 18.7 Å². The molecule has 1 aromatic heterocycles. The molecule has 1 fully saturated rings. The topological polar surface area (TPSA) is 73.9 Å². The minimum absolute atomic E-state index is 0.0741. The third-order valence-electron chi connectivity index (χ3n) is 4.03. The third-order valence-corrected chi connectivity index (χ3v) is 4.77. The highest BCUT2D eigenvalue weighted by atomic mass is 32.2. The lowest BCUT2D eigenvalue weighted by molar-refractivity contribution is -0.0328. The van der Waals surface area contributed by atoms with Gasteiger partial charge in [-0.15, -0.1) is 0 Å². The molecule has 0 radical (unpaired) electrons. The lowest BCUT2D eigenvalue weighted by Gasteiger charge is -2.31. The van der Waals surface area contributed by atoms with Crippen LogP contribution in [0.2, 0.25) is 0 Å². The third kappa shape index (κ3) is 4.90. The summed E-state index contributed by atoms with van der Waals surface area (Å²) in [5.41, 5.74) is -3.87. The summed E-state index contributed by atoms with van der Waals surface area (Å²) in [5, 5.41) is 9.70. The van der Waals surface area contributed by atoms with Crippen molar-refractivity contribution in [3.8, 4) is 0 Å². The van der Waals surface area contributed by atoms with Crippen LogP contribution in [0.3, 0.4) is 0 Å². The van der Waals surface area contributed by atoms with Gasteiger partial charge in [0.05, 0.1) is 0 Å². The number of piperidine rings is 1. The predicted octanol–water partition coefficient (Wildman–Crippen LogP) is 4.14. The number of carbonyl (C=O) groups excluding carboxylic acids is 1. The summed E-state index contributed by atoms with van der Waals surface area (Å²) < 4.78 is 37.0. The number of hydrogen-bond donors (Lipinski definition) is 2. The Kier molecular flexibility index (Phi) is 5.40. The molecular formula is C16H18F3N5OS. The van der Waals surface area contributed by atoms with Crippen LogP contribution < -0.4 is 5.32 Å². The fourth-order valence-electron chi connectivity index (χ4n) is 2.86. The molecule has 0 bridgehead atoms. The van der Waals surface area contributed by atoms with Crippen molar-refractivity contribution in [3.05, 3.63) is 35.9 Å². The standard InChI is InChI=1S/C16H18F3N5OS/c1-10-20-14(23-22-10)11-3-2-8-24(9-11)15(25)21-12-4-6-13(7-5-12)26-16(17,18)19/h4-7,11H,2-3,8-9H2,1H3,(H,21,25)(H,20,22,23)/t11-/m0/s1. The molecule has 2 N–H and O–H groups in total. The number of halogens is 3. The number of anilines is 1. The number of urea groups is 1. The van der Waals surface area contributed by atoms with E-state index in [0.29, 0.717) is 24.6 Å². The number of thioether (sulfide) groups is 1. The number of likely N-dealkylation sites (tertiary alicyclic amines) is 1. The molecule has 10 heteroatoms. The number of nitrogens with one attached hydrogen (secondary N) is 2. The number of aryl methyl sites for hydroxylation is 1. The monoisotopic (exact) mass is 385 g/mol. The Morgan fingerprint density at radius 1 is 1.35 bits per heavy atom. The van der Waals surface area contributed by atoms with Crippen LogP contribution >= 0.6 is 11.8 Å². The zero-order valence-electron chi connectivity index (χ0n) is 14.0. The number of aromatic nitrogens is 3. The van der Waals surface area contributed by atoms with Crippen LogP contribution in [0.15, 0.2) is 29.2 Å². The number of hydrogen-bond acceptors (Lipinski definition) is 4. The number of rotatable bonds is 3. The molecule has 1 saturated heterocycles. The highest BCUT2D eigenvalue weighted by molar-refractivity contribution is 8.00. The molecule has 3 rings (SSSR count). The summed E-state index contributed by atoms with van der Waals surface area (Å²) in [6, 6.07) is 5.32. The zero-order valence-corrected chi connectivity index (χ0v) is 14.8. The van der Waals surface area contributed by atoms with E-state index in [4.69, 9.17) is 0 Å². The Hall–Kier alpha value is -2.23. The second-order valence-corrected chi connectivity index (χ2v) is 7.20. The summed E-state index contributed by atoms with van der Waals surface area (Å²) in [6.07, 6.45) is 1.75. The van der Waals surface area contributed by atoms with Crippen LogP contribution in [0.5, 0.6) is 0 Å². The maximum Gasteiger partial charge on any atom is 0.446 e. The van der Waals surface area contributed by atoms with E-state index in [-0.39, 0.29) is 28.6 Å². The summed E-state index contributed by atoms with van der Waals surface area (Å²) in [5.74, 6) is 1.51. The van der Waals surface area contributed by atoms with Gasteiger partial charge >= 0.3 is 11.5 Å². The molecule has 140 valence electrons. The Morgan fingerprint density at radius 3 is 2.69 bits per heavy atom. The Bertz CT molecular complexity index is 762. The SMILES string of the molecule is Cc1nc([C@H]2CCCN(C(=O)Nc3ccc(SC(F)(F)F)cc3)C2)n[nH]1. The zero-order chi connectivity index (χ0) is 18.7. The number of nitrogens with zero attached hydrogens (tertiary/aromatic N) is 3. The first kappa shape index (κ1) is 18.6. The number of carbonyl (C=O) groups is 1. The van der Waals surface area contributed by atoms with E-state index in [1.54, 1.807) is 4.90 Å². The number of amides is 2. The average Bonchev–Trinajstić information content (AvgIpc) is 3.02. The highest BCUT2D eigenvalue weighted by Gasteiger charge is 2.29. The highest BCUT2D eigenvalue weighted by Crippen LogP contribution is 2.37. The van der Waals surface area contributed by atoms with Crippen molar-refractivity contribution in [2.24, 2.45) is 0 Å². The van der Waals surface area contributed by atoms with Gasteiger partial charge in [0, 0.05) is 29.6 Å². The Morgan fingerprint density at radius 2 is 2.08 bits per heavy atom. The molecule has 6 nitrogen and oxygen atoms in total. The van der Waals surface area contributed by atoms with Gasteiger partial charge in [0.2, 0.25) is 0 Å². The predicted molar refractivity (Wildman–Crippen MR) is 92.0 cm³/mol. The molecule has 0 saturated carbocycles. The molecule has 26 heavy (non-hydrogen) atoms. The van der Waals surface area contributed by atoms with Gasteiger partial charge in [-0.2, -0.15) is 18.3 Å². The van der Waals surface area contributed by atoms with Gasteiger partial charge in [0.15, 0.2) is 5.82 Å². The second kappa shape index (κ2) is 7.56. The first-order valence-electron chi connectivity index (χ1n) is 8.11. The lowest BCUT2D eigenvalue weighted by Crippen LogP contribution is -2.41. The van der Waals surface area contributed by atoms with Crippen LogP contribution in [-0.2, 0) is 0 Å². The van der Waals surface area contributed by atoms with E-state index >= 15 is 0 Å². The lowest BCUT2D eigenvalue weighted by atomic mass is 9.98. The smallest absolute Gasteiger partial charge is 0.324 e. The van der Waals surface area contributed by atoms with Gasteiger partial charge in [0.1, 0.15) is 5.82 Å². The van der Waals surface area contributed by atoms with Gasteiger partial charge in [-0.3, -0.25) is 5.10 Å². The van der Waals surface area contributed by atoms with Crippen LogP contribution in [0, 0.1) is 6.92 Å². The minimum atomic E-state index is -4.33. The molecule has 1 aliphatic heterocycles. The van der Waals surface area contributed by atoms with E-state index in [1.807, 2.05) is 6.92 Å². The van der Waals surface area contributed by atoms with Gasteiger partial charge in [-0.05, 0) is 55.8 Å². The van der Waals surface area contributed by atoms with Crippen molar-refractivity contribution < 1.29 is 18.0 Å². The molecular weight excluding hydrogens is 367 g/mol. The maximum absolute atomic E-state index is 12.4. The average molecular weight is 385 g/mol. The van der Waals surface area contributed by atoms with Crippen molar-refractivity contribution in [1.82, 2.24) is 20.1 Å². The summed E-state index contributed by atoms with van der Waals surface area (Å²) in [7, 11) is 0. The molecule has 2 amide bonds. The van der Waals surface area contributed by atoms with Crippen LogP contribution in [-0.4, -0.2) is 44.7 Å². The molecule has 2 heterocycles. The summed E-state index contributed by atoms with van der Waals surface area (Å²) >= 11 is -0.184. The van der Waals surface area contributed by atoms with E-state index in [9.17, 15) is 18.0 Å². The largest absolute Gasteiger partial charge is 0.446 e. The molecule has 1 aliphatic rings. The van der Waals surface area contributed by atoms with Crippen molar-refractivity contribution in [2.45, 2.75) is 36.1 Å². The van der Waals surface area contributed by atoms with Gasteiger partial charge in [0.25, 0.3) is 0 Å². The normalized spacial score (nSPS) is 18.0. The fraction of sp³-hybridized carbons (Fsp3) is 0.438. The van der Waals surface area contributed by atoms with Crippen molar-refractivity contribution in [1.29, 1.82) is 0 Å². The fourth-order valence-corrected chi connectivity index (χ4v) is 3.40. The maximum atomic E-state index is 12.4. The number of alkyl halides is 3. The van der Waals surface area contributed by atoms with E-state index < -0.39 is 5.51 Å². The summed E-state index contributed by atoms with van der Waals surface area (Å²) in [6.45, 7) is 2.95. The van der Waals surface area contributed by atoms with Crippen molar-refractivity contribution in [3.63, 3.8) is 0 Å². The molecule has 0 aliphatic carbocycles. The quantitative estimate of drug-likeness (QED) is 0.779. The van der Waals surface area contributed by atoms with Crippen LogP contribution in [0.25, 0.3) is 0 Å². The van der Waals surface area contributed by atoms with Gasteiger partial charge < -0.3 is 10.2 Å². The number of benzene rings is 1. The summed E-state index contributed by atoms with van der Waals surface area (Å²) in [4.78, 5) is 18.5. The second-order valence-electron chi connectivity index (χ2n) is 6.07. The first-order chi connectivity index (χ1) is 12.3. The molecule has 0 unspecified atom stereocenters. The molecule has 2 aromatic rings. The van der Waals surface area contributed by atoms with Crippen molar-refractivity contribution >= 4 is 23.5 Å². The Labute approximate surface area is 152 Å². The van der Waals surface area contributed by atoms with Gasteiger partial charge in [-0.1, -0.05) is 0 Å². The molecule has 0 spiro atoms. The Balaban J connectivity index is 1.59. The van der Waals surface area contributed by atoms with E-state index in [1.165, 1.54) is 24.3 Å². The molecule has 1 atom stereocenters.